The van der Waals surface area contributed by atoms with Crippen molar-refractivity contribution >= 4 is 5.91 Å². The number of carbonyl (C=O) groups excluding carboxylic acids is 1. The van der Waals surface area contributed by atoms with Crippen molar-refractivity contribution in [2.24, 2.45) is 11.7 Å². The van der Waals surface area contributed by atoms with Crippen molar-refractivity contribution in [1.82, 2.24) is 10.2 Å². The van der Waals surface area contributed by atoms with Gasteiger partial charge in [-0.3, -0.25) is 9.69 Å². The average Bonchev–Trinajstić information content (AvgIpc) is 3.20. The zero-order valence-corrected chi connectivity index (χ0v) is 12.1. The lowest BCUT2D eigenvalue weighted by atomic mass is 9.96. The molecule has 5 heteroatoms. The monoisotopic (exact) mass is 276 g/mol. The Hall–Kier alpha value is -1.12. The predicted octanol–water partition coefficient (Wildman–Crippen LogP) is 0.749. The van der Waals surface area contributed by atoms with E-state index in [0.717, 1.165) is 38.5 Å². The van der Waals surface area contributed by atoms with Gasteiger partial charge in [0.15, 0.2) is 0 Å². The number of hydrogen-bond donors (Lipinski definition) is 2. The van der Waals surface area contributed by atoms with Gasteiger partial charge in [0.25, 0.3) is 0 Å². The Morgan fingerprint density at radius 2 is 1.95 bits per heavy atom. The summed E-state index contributed by atoms with van der Waals surface area (Å²) in [6, 6.07) is 3.50. The number of rotatable bonds is 4. The summed E-state index contributed by atoms with van der Waals surface area (Å²) >= 11 is 0. The molecule has 2 aliphatic heterocycles. The molecular weight excluding hydrogens is 252 g/mol. The SMILES string of the molecule is CC(C#N)(NC(=O)CN1C2CCC1CC(N)C2)C1CC1. The Kier molecular flexibility index (Phi) is 3.47. The molecular formula is C15H24N4O. The zero-order chi connectivity index (χ0) is 14.3. The Labute approximate surface area is 120 Å². The molecule has 3 N–H and O–H groups in total. The van der Waals surface area contributed by atoms with Gasteiger partial charge in [0.05, 0.1) is 12.6 Å². The van der Waals surface area contributed by atoms with Crippen molar-refractivity contribution in [2.75, 3.05) is 6.54 Å². The van der Waals surface area contributed by atoms with E-state index < -0.39 is 5.54 Å². The standard InChI is InChI=1S/C15H24N4O/c1-15(9-16,10-2-3-10)18-14(20)8-19-12-4-5-13(19)7-11(17)6-12/h10-13H,2-8,17H2,1H3,(H,18,20). The minimum absolute atomic E-state index is 0.00618. The molecule has 5 nitrogen and oxygen atoms in total. The Morgan fingerprint density at radius 1 is 1.35 bits per heavy atom. The van der Waals surface area contributed by atoms with Crippen LogP contribution in [-0.4, -0.2) is 41.0 Å². The van der Waals surface area contributed by atoms with Gasteiger partial charge in [-0.25, -0.2) is 0 Å². The highest BCUT2D eigenvalue weighted by Crippen LogP contribution is 2.39. The highest BCUT2D eigenvalue weighted by atomic mass is 16.2. The number of nitrogens with one attached hydrogen (secondary N) is 1. The molecule has 0 aromatic heterocycles. The minimum atomic E-state index is -0.678. The Bertz CT molecular complexity index is 428. The number of piperidine rings is 1. The maximum absolute atomic E-state index is 12.3. The third-order valence-electron chi connectivity index (χ3n) is 5.27. The molecule has 3 rings (SSSR count). The number of nitrogens with two attached hydrogens (primary N) is 1. The first-order valence-electron chi connectivity index (χ1n) is 7.75. The van der Waals surface area contributed by atoms with Gasteiger partial charge in [-0.2, -0.15) is 5.26 Å². The summed E-state index contributed by atoms with van der Waals surface area (Å²) in [4.78, 5) is 14.6. The van der Waals surface area contributed by atoms with E-state index in [0.29, 0.717) is 30.6 Å². The van der Waals surface area contributed by atoms with Crippen LogP contribution in [-0.2, 0) is 4.79 Å². The lowest BCUT2D eigenvalue weighted by Gasteiger charge is -2.37. The second kappa shape index (κ2) is 5.01. The molecule has 3 unspecified atom stereocenters. The molecule has 2 heterocycles. The van der Waals surface area contributed by atoms with Crippen LogP contribution in [0, 0.1) is 17.2 Å². The van der Waals surface area contributed by atoms with Gasteiger partial charge >= 0.3 is 0 Å². The average molecular weight is 276 g/mol. The van der Waals surface area contributed by atoms with Crippen LogP contribution in [0.1, 0.15) is 45.4 Å². The van der Waals surface area contributed by atoms with Crippen LogP contribution < -0.4 is 11.1 Å². The molecule has 1 saturated carbocycles. The lowest BCUT2D eigenvalue weighted by molar-refractivity contribution is -0.124. The molecule has 3 atom stereocenters. The molecule has 0 radical (unpaired) electrons. The van der Waals surface area contributed by atoms with E-state index in [1.807, 2.05) is 6.92 Å². The normalized spacial score (nSPS) is 36.1. The maximum Gasteiger partial charge on any atom is 0.235 e. The third kappa shape index (κ3) is 2.55. The van der Waals surface area contributed by atoms with E-state index in [4.69, 9.17) is 5.73 Å². The number of nitriles is 1. The van der Waals surface area contributed by atoms with Crippen molar-refractivity contribution in [2.45, 2.75) is 69.1 Å². The molecule has 3 fully saturated rings. The molecule has 20 heavy (non-hydrogen) atoms. The largest absolute Gasteiger partial charge is 0.337 e. The van der Waals surface area contributed by atoms with E-state index in [9.17, 15) is 10.1 Å². The van der Waals surface area contributed by atoms with Gasteiger partial charge < -0.3 is 11.1 Å². The molecule has 2 saturated heterocycles. The van der Waals surface area contributed by atoms with Crippen LogP contribution in [0.15, 0.2) is 0 Å². The van der Waals surface area contributed by atoms with E-state index >= 15 is 0 Å². The number of nitrogens with zero attached hydrogens (tertiary/aromatic N) is 2. The molecule has 0 aromatic rings. The lowest BCUT2D eigenvalue weighted by Crippen LogP contribution is -2.54. The fourth-order valence-corrected chi connectivity index (χ4v) is 3.95. The van der Waals surface area contributed by atoms with Crippen LogP contribution in [0.5, 0.6) is 0 Å². The summed E-state index contributed by atoms with van der Waals surface area (Å²) in [5.74, 6) is 0.330. The topological polar surface area (TPSA) is 82.2 Å². The van der Waals surface area contributed by atoms with Crippen molar-refractivity contribution in [3.05, 3.63) is 0 Å². The summed E-state index contributed by atoms with van der Waals surface area (Å²) in [7, 11) is 0. The quantitative estimate of drug-likeness (QED) is 0.794. The first kappa shape index (κ1) is 13.8. The third-order valence-corrected chi connectivity index (χ3v) is 5.27. The smallest absolute Gasteiger partial charge is 0.235 e. The fourth-order valence-electron chi connectivity index (χ4n) is 3.95. The summed E-state index contributed by atoms with van der Waals surface area (Å²) in [6.07, 6.45) is 6.42. The van der Waals surface area contributed by atoms with Crippen LogP contribution in [0.25, 0.3) is 0 Å². The van der Waals surface area contributed by atoms with Gasteiger partial charge in [-0.1, -0.05) is 0 Å². The van der Waals surface area contributed by atoms with Crippen molar-refractivity contribution in [3.8, 4) is 6.07 Å². The van der Waals surface area contributed by atoms with Crippen LogP contribution in [0.2, 0.25) is 0 Å². The van der Waals surface area contributed by atoms with E-state index in [1.165, 1.54) is 0 Å². The molecule has 2 bridgehead atoms. The van der Waals surface area contributed by atoms with Crippen LogP contribution in [0.4, 0.5) is 0 Å². The molecule has 0 aromatic carbocycles. The summed E-state index contributed by atoms with van der Waals surface area (Å²) < 4.78 is 0. The van der Waals surface area contributed by atoms with Crippen molar-refractivity contribution in [3.63, 3.8) is 0 Å². The van der Waals surface area contributed by atoms with Crippen LogP contribution >= 0.6 is 0 Å². The molecule has 1 aliphatic carbocycles. The van der Waals surface area contributed by atoms with E-state index in [2.05, 4.69) is 16.3 Å². The van der Waals surface area contributed by atoms with Gasteiger partial charge in [0.1, 0.15) is 5.54 Å². The second-order valence-corrected chi connectivity index (χ2v) is 6.93. The zero-order valence-electron chi connectivity index (χ0n) is 12.1. The van der Waals surface area contributed by atoms with E-state index in [1.54, 1.807) is 0 Å². The van der Waals surface area contributed by atoms with Crippen LogP contribution in [0.3, 0.4) is 0 Å². The molecule has 1 amide bonds. The first-order valence-corrected chi connectivity index (χ1v) is 7.75. The van der Waals surface area contributed by atoms with Gasteiger partial charge in [0.2, 0.25) is 5.91 Å². The minimum Gasteiger partial charge on any atom is -0.337 e. The first-order chi connectivity index (χ1) is 9.51. The number of hydrogen-bond acceptors (Lipinski definition) is 4. The van der Waals surface area contributed by atoms with Gasteiger partial charge in [0, 0.05) is 18.1 Å². The fraction of sp³-hybridized carbons (Fsp3) is 0.867. The highest BCUT2D eigenvalue weighted by molar-refractivity contribution is 5.79. The Balaban J connectivity index is 1.58. The number of fused-ring (bicyclic) bond motifs is 2. The van der Waals surface area contributed by atoms with E-state index in [-0.39, 0.29) is 5.91 Å². The van der Waals surface area contributed by atoms with Gasteiger partial charge in [-0.15, -0.1) is 0 Å². The predicted molar refractivity (Wildman–Crippen MR) is 75.6 cm³/mol. The molecule has 0 spiro atoms. The number of carbonyl (C=O) groups is 1. The Morgan fingerprint density at radius 3 is 2.45 bits per heavy atom. The van der Waals surface area contributed by atoms with Crippen molar-refractivity contribution in [1.29, 1.82) is 5.26 Å². The number of amides is 1. The van der Waals surface area contributed by atoms with Gasteiger partial charge in [-0.05, 0) is 51.4 Å². The maximum atomic E-state index is 12.3. The second-order valence-electron chi connectivity index (χ2n) is 6.93. The molecule has 3 aliphatic rings. The van der Waals surface area contributed by atoms with Crippen molar-refractivity contribution < 1.29 is 4.79 Å². The highest BCUT2D eigenvalue weighted by Gasteiger charge is 2.44. The molecule has 110 valence electrons. The summed E-state index contributed by atoms with van der Waals surface area (Å²) in [5.41, 5.74) is 5.37. The summed E-state index contributed by atoms with van der Waals surface area (Å²) in [6.45, 7) is 2.27. The summed E-state index contributed by atoms with van der Waals surface area (Å²) in [5, 5.41) is 12.3.